The first-order valence-corrected chi connectivity index (χ1v) is 14.1. The number of nitrogens with zero attached hydrogens (tertiary/aromatic N) is 2. The summed E-state index contributed by atoms with van der Waals surface area (Å²) in [7, 11) is -3.70. The van der Waals surface area contributed by atoms with Gasteiger partial charge in [0.15, 0.2) is 0 Å². The van der Waals surface area contributed by atoms with Crippen molar-refractivity contribution in [3.63, 3.8) is 0 Å². The van der Waals surface area contributed by atoms with E-state index in [-0.39, 0.29) is 23.4 Å². The molecule has 34 heavy (non-hydrogen) atoms. The summed E-state index contributed by atoms with van der Waals surface area (Å²) in [5, 5.41) is 10.8. The highest BCUT2D eigenvalue weighted by atomic mass is 35.5. The van der Waals surface area contributed by atoms with E-state index < -0.39 is 10.0 Å². The second-order valence-corrected chi connectivity index (χ2v) is 12.1. The predicted octanol–water partition coefficient (Wildman–Crippen LogP) is 6.82. The van der Waals surface area contributed by atoms with E-state index in [0.29, 0.717) is 21.5 Å². The van der Waals surface area contributed by atoms with Crippen molar-refractivity contribution >= 4 is 77.6 Å². The molecule has 2 aliphatic rings. The van der Waals surface area contributed by atoms with Crippen molar-refractivity contribution in [3.05, 3.63) is 81.2 Å². The fourth-order valence-corrected chi connectivity index (χ4v) is 7.42. The van der Waals surface area contributed by atoms with E-state index in [2.05, 4.69) is 10.8 Å². The molecule has 0 fully saturated rings. The first-order valence-electron chi connectivity index (χ1n) is 10.6. The summed E-state index contributed by atoms with van der Waals surface area (Å²) < 4.78 is 29.8. The Morgan fingerprint density at radius 1 is 1.15 bits per heavy atom. The van der Waals surface area contributed by atoms with Crippen LogP contribution in [0.4, 0.5) is 5.69 Å². The maximum absolute atomic E-state index is 13.1. The van der Waals surface area contributed by atoms with E-state index in [0.717, 1.165) is 27.9 Å². The average molecular weight is 553 g/mol. The molecule has 10 heteroatoms. The van der Waals surface area contributed by atoms with Crippen molar-refractivity contribution in [1.82, 2.24) is 4.72 Å². The molecule has 1 aliphatic carbocycles. The van der Waals surface area contributed by atoms with Gasteiger partial charge in [0.25, 0.3) is 0 Å². The zero-order valence-electron chi connectivity index (χ0n) is 17.8. The number of rotatable bonds is 6. The van der Waals surface area contributed by atoms with Crippen LogP contribution in [0.2, 0.25) is 10.0 Å². The fraction of sp³-hybridized carbons (Fsp3) is 0.208. The van der Waals surface area contributed by atoms with Crippen LogP contribution in [0.1, 0.15) is 12.8 Å². The quantitative estimate of drug-likeness (QED) is 0.365. The zero-order valence-corrected chi connectivity index (χ0v) is 21.7. The summed E-state index contributed by atoms with van der Waals surface area (Å²) in [4.78, 5) is 0.288. The molecule has 5 nitrogen and oxygen atoms in total. The molecule has 0 saturated heterocycles. The summed E-state index contributed by atoms with van der Waals surface area (Å²) in [5.74, 6) is 0.146. The van der Waals surface area contributed by atoms with E-state index in [1.807, 2.05) is 47.5 Å². The second kappa shape index (κ2) is 9.64. The van der Waals surface area contributed by atoms with E-state index >= 15 is 0 Å². The van der Waals surface area contributed by atoms with Crippen molar-refractivity contribution in [2.75, 3.05) is 11.6 Å². The molecule has 0 amide bonds. The summed E-state index contributed by atoms with van der Waals surface area (Å²) in [5.41, 5.74) is 1.46. The summed E-state index contributed by atoms with van der Waals surface area (Å²) in [6.07, 6.45) is 7.30. The molecule has 1 aromatic heterocycles. The fourth-order valence-electron chi connectivity index (χ4n) is 4.25. The van der Waals surface area contributed by atoms with E-state index in [4.69, 9.17) is 39.9 Å². The van der Waals surface area contributed by atoms with Crippen LogP contribution in [0, 0.1) is 5.92 Å². The number of hydrogen-bond acceptors (Lipinski definition) is 5. The van der Waals surface area contributed by atoms with Gasteiger partial charge in [-0.15, -0.1) is 11.3 Å². The molecule has 0 spiro atoms. The van der Waals surface area contributed by atoms with Gasteiger partial charge >= 0.3 is 0 Å². The van der Waals surface area contributed by atoms with Crippen LogP contribution in [-0.2, 0) is 10.0 Å². The third kappa shape index (κ3) is 4.78. The molecule has 0 radical (unpaired) electrons. The normalized spacial score (nSPS) is 20.6. The number of anilines is 1. The molecule has 1 N–H and O–H groups in total. The highest BCUT2D eigenvalue weighted by molar-refractivity contribution is 7.90. The van der Waals surface area contributed by atoms with Crippen LogP contribution in [0.25, 0.3) is 10.1 Å². The smallest absolute Gasteiger partial charge is 0.242 e. The SMILES string of the molecule is O=S(=O)(NCC1=NN(c2ccc(Cl)cc2Cl)C(C2C=CC(Cl)=CC2)C1)c1csc2ccccc12. The second-order valence-electron chi connectivity index (χ2n) is 8.15. The van der Waals surface area contributed by atoms with E-state index in [1.165, 1.54) is 11.3 Å². The molecule has 2 unspecified atom stereocenters. The van der Waals surface area contributed by atoms with Crippen molar-refractivity contribution in [2.24, 2.45) is 11.0 Å². The highest BCUT2D eigenvalue weighted by Crippen LogP contribution is 2.38. The lowest BCUT2D eigenvalue weighted by atomic mass is 9.89. The number of benzene rings is 2. The molecule has 2 heterocycles. The summed E-state index contributed by atoms with van der Waals surface area (Å²) >= 11 is 20.1. The zero-order chi connectivity index (χ0) is 23.9. The lowest BCUT2D eigenvalue weighted by Gasteiger charge is -2.30. The van der Waals surface area contributed by atoms with Gasteiger partial charge in [0.2, 0.25) is 10.0 Å². The number of nitrogens with one attached hydrogen (secondary N) is 1. The number of halogens is 3. The number of hydrazone groups is 1. The number of hydrogen-bond donors (Lipinski definition) is 1. The topological polar surface area (TPSA) is 61.8 Å². The van der Waals surface area contributed by atoms with Crippen molar-refractivity contribution in [1.29, 1.82) is 0 Å². The first kappa shape index (κ1) is 23.9. The molecule has 1 aliphatic heterocycles. The number of sulfonamides is 1. The van der Waals surface area contributed by atoms with Crippen molar-refractivity contribution in [2.45, 2.75) is 23.8 Å². The molecule has 2 aromatic carbocycles. The van der Waals surface area contributed by atoms with Crippen molar-refractivity contribution in [3.8, 4) is 0 Å². The third-order valence-electron chi connectivity index (χ3n) is 5.95. The minimum absolute atomic E-state index is 0.0302. The Hall–Kier alpha value is -1.87. The first-order chi connectivity index (χ1) is 16.3. The number of thiophene rings is 1. The molecular formula is C24H20Cl3N3O2S2. The van der Waals surface area contributed by atoms with Crippen LogP contribution >= 0.6 is 46.1 Å². The Bertz CT molecular complexity index is 1450. The minimum atomic E-state index is -3.70. The Kier molecular flexibility index (Phi) is 6.77. The maximum Gasteiger partial charge on any atom is 0.242 e. The molecule has 0 saturated carbocycles. The lowest BCUT2D eigenvalue weighted by Crippen LogP contribution is -2.34. The average Bonchev–Trinajstić information content (AvgIpc) is 3.43. The molecule has 5 rings (SSSR count). The lowest BCUT2D eigenvalue weighted by molar-refractivity contribution is 0.499. The van der Waals surface area contributed by atoms with E-state index in [1.54, 1.807) is 17.5 Å². The van der Waals surface area contributed by atoms with Gasteiger partial charge in [0.1, 0.15) is 4.90 Å². The van der Waals surface area contributed by atoms with Gasteiger partial charge in [0.05, 0.1) is 29.0 Å². The Morgan fingerprint density at radius 2 is 1.97 bits per heavy atom. The summed E-state index contributed by atoms with van der Waals surface area (Å²) in [6.45, 7) is 0.109. The Morgan fingerprint density at radius 3 is 2.74 bits per heavy atom. The molecular weight excluding hydrogens is 533 g/mol. The molecule has 176 valence electrons. The largest absolute Gasteiger partial charge is 0.260 e. The van der Waals surface area contributed by atoms with Crippen LogP contribution in [0.5, 0.6) is 0 Å². The van der Waals surface area contributed by atoms with Gasteiger partial charge in [-0.3, -0.25) is 5.01 Å². The van der Waals surface area contributed by atoms with Crippen LogP contribution in [-0.4, -0.2) is 26.7 Å². The van der Waals surface area contributed by atoms with Crippen LogP contribution < -0.4 is 9.73 Å². The van der Waals surface area contributed by atoms with E-state index in [9.17, 15) is 8.42 Å². The number of allylic oxidation sites excluding steroid dienone is 3. The Labute approximate surface area is 217 Å². The van der Waals surface area contributed by atoms with Gasteiger partial charge in [-0.1, -0.05) is 65.2 Å². The standard InChI is InChI=1S/C24H20Cl3N3O2S2/c25-16-7-5-15(6-8-16)22-12-18(29-30(22)21-10-9-17(26)11-20(21)27)13-28-34(31,32)24-14-33-23-4-2-1-3-19(23)24/h1-5,7-11,14-15,22,28H,6,12-13H2. The summed E-state index contributed by atoms with van der Waals surface area (Å²) in [6, 6.07) is 12.7. The Balaban J connectivity index is 1.40. The van der Waals surface area contributed by atoms with Gasteiger partial charge < -0.3 is 0 Å². The monoisotopic (exact) mass is 551 g/mol. The van der Waals surface area contributed by atoms with Gasteiger partial charge in [-0.25, -0.2) is 13.1 Å². The maximum atomic E-state index is 13.1. The highest BCUT2D eigenvalue weighted by Gasteiger charge is 2.35. The van der Waals surface area contributed by atoms with Crippen LogP contribution in [0.3, 0.4) is 0 Å². The molecule has 2 atom stereocenters. The van der Waals surface area contributed by atoms with Crippen LogP contribution in [0.15, 0.2) is 81.1 Å². The molecule has 3 aromatic rings. The van der Waals surface area contributed by atoms with Crippen molar-refractivity contribution < 1.29 is 8.42 Å². The third-order valence-corrected chi connectivity index (χ3v) is 9.32. The minimum Gasteiger partial charge on any atom is -0.260 e. The van der Waals surface area contributed by atoms with Gasteiger partial charge in [-0.2, -0.15) is 5.10 Å². The molecule has 0 bridgehead atoms. The van der Waals surface area contributed by atoms with Gasteiger partial charge in [-0.05, 0) is 36.8 Å². The number of fused-ring (bicyclic) bond motifs is 1. The van der Waals surface area contributed by atoms with Gasteiger partial charge in [0, 0.05) is 37.9 Å². The predicted molar refractivity (Wildman–Crippen MR) is 143 cm³/mol.